The van der Waals surface area contributed by atoms with Crippen LogP contribution in [0.2, 0.25) is 0 Å². The van der Waals surface area contributed by atoms with E-state index in [9.17, 15) is 14.3 Å². The van der Waals surface area contributed by atoms with E-state index in [-0.39, 0.29) is 30.1 Å². The summed E-state index contributed by atoms with van der Waals surface area (Å²) in [5.74, 6) is 0.627. The van der Waals surface area contributed by atoms with E-state index in [0.717, 1.165) is 18.4 Å². The van der Waals surface area contributed by atoms with Gasteiger partial charge in [0.1, 0.15) is 5.82 Å². The maximum Gasteiger partial charge on any atom is 0.292 e. The van der Waals surface area contributed by atoms with Crippen LogP contribution in [0.1, 0.15) is 58.9 Å². The number of benzene rings is 1. The van der Waals surface area contributed by atoms with Crippen molar-refractivity contribution in [3.05, 3.63) is 53.0 Å². The second kappa shape index (κ2) is 5.70. The highest BCUT2D eigenvalue weighted by Gasteiger charge is 2.39. The maximum atomic E-state index is 13.2. The van der Waals surface area contributed by atoms with Crippen molar-refractivity contribution in [2.45, 2.75) is 44.2 Å². The largest absolute Gasteiger partial charge is 0.435 e. The van der Waals surface area contributed by atoms with Crippen LogP contribution in [0.25, 0.3) is 0 Å². The van der Waals surface area contributed by atoms with Gasteiger partial charge < -0.3 is 14.4 Å². The molecule has 2 aliphatic rings. The number of aromatic nitrogens is 1. The number of β-amino-alcohol motifs (C(OH)–C–C–N with tert-alkyl or cyclic N) is 1. The summed E-state index contributed by atoms with van der Waals surface area (Å²) in [6.07, 6.45) is 1.93. The van der Waals surface area contributed by atoms with E-state index in [1.54, 1.807) is 24.0 Å². The van der Waals surface area contributed by atoms with Crippen LogP contribution >= 0.6 is 0 Å². The molecule has 2 fully saturated rings. The van der Waals surface area contributed by atoms with Crippen molar-refractivity contribution in [1.29, 1.82) is 0 Å². The summed E-state index contributed by atoms with van der Waals surface area (Å²) < 4.78 is 18.9. The fraction of sp³-hybridized carbons (Fsp3) is 0.444. The fourth-order valence-corrected chi connectivity index (χ4v) is 3.29. The number of carbonyl (C=O) groups is 1. The van der Waals surface area contributed by atoms with Crippen LogP contribution in [0, 0.1) is 12.7 Å². The molecule has 1 saturated carbocycles. The molecule has 126 valence electrons. The molecule has 1 saturated heterocycles. The van der Waals surface area contributed by atoms with Gasteiger partial charge in [-0.25, -0.2) is 9.37 Å². The van der Waals surface area contributed by atoms with Gasteiger partial charge in [-0.3, -0.25) is 4.79 Å². The van der Waals surface area contributed by atoms with Crippen molar-refractivity contribution in [3.63, 3.8) is 0 Å². The number of carbonyl (C=O) groups excluding carboxylic acids is 1. The predicted octanol–water partition coefficient (Wildman–Crippen LogP) is 2.95. The molecule has 1 aromatic heterocycles. The zero-order valence-corrected chi connectivity index (χ0v) is 13.4. The van der Waals surface area contributed by atoms with Crippen LogP contribution in [-0.2, 0) is 0 Å². The summed E-state index contributed by atoms with van der Waals surface area (Å²) >= 11 is 0. The minimum Gasteiger partial charge on any atom is -0.435 e. The third kappa shape index (κ3) is 2.71. The average molecular weight is 330 g/mol. The smallest absolute Gasteiger partial charge is 0.292 e. The monoisotopic (exact) mass is 330 g/mol. The van der Waals surface area contributed by atoms with Gasteiger partial charge in [0.2, 0.25) is 5.76 Å². The van der Waals surface area contributed by atoms with E-state index in [1.165, 1.54) is 12.1 Å². The third-order valence-electron chi connectivity index (χ3n) is 4.73. The molecule has 1 amide bonds. The van der Waals surface area contributed by atoms with Crippen LogP contribution in [0.15, 0.2) is 28.7 Å². The Morgan fingerprint density at radius 3 is 2.71 bits per heavy atom. The number of aryl methyl sites for hydroxylation is 1. The summed E-state index contributed by atoms with van der Waals surface area (Å²) in [6.45, 7) is 2.00. The lowest BCUT2D eigenvalue weighted by atomic mass is 10.0. The van der Waals surface area contributed by atoms with Gasteiger partial charge in [-0.1, -0.05) is 12.1 Å². The second-order valence-electron chi connectivity index (χ2n) is 6.66. The molecule has 24 heavy (non-hydrogen) atoms. The molecule has 2 aromatic rings. The van der Waals surface area contributed by atoms with Crippen molar-refractivity contribution in [1.82, 2.24) is 9.88 Å². The van der Waals surface area contributed by atoms with Crippen LogP contribution in [0.3, 0.4) is 0 Å². The predicted molar refractivity (Wildman–Crippen MR) is 84.0 cm³/mol. The van der Waals surface area contributed by atoms with Crippen molar-refractivity contribution < 1.29 is 18.7 Å². The summed E-state index contributed by atoms with van der Waals surface area (Å²) in [5, 5.41) is 10.0. The van der Waals surface area contributed by atoms with Crippen LogP contribution in [-0.4, -0.2) is 33.5 Å². The highest BCUT2D eigenvalue weighted by atomic mass is 19.1. The number of hydrogen-bond donors (Lipinski definition) is 1. The molecule has 1 aliphatic heterocycles. The Labute approximate surface area is 139 Å². The fourth-order valence-electron chi connectivity index (χ4n) is 3.29. The molecule has 2 atom stereocenters. The van der Waals surface area contributed by atoms with Crippen LogP contribution in [0.4, 0.5) is 4.39 Å². The Balaban J connectivity index is 1.63. The standard InChI is InChI=1S/C18H19FN2O3/c1-10-16(24-17(20-10)12-2-3-12)18(23)21-9-14(22)8-15(21)11-4-6-13(19)7-5-11/h4-7,12,14-15,22H,2-3,8-9H2,1H3/t14-,15+/m0/s1. The molecular weight excluding hydrogens is 311 g/mol. The minimum absolute atomic E-state index is 0.236. The first-order valence-corrected chi connectivity index (χ1v) is 8.24. The van der Waals surface area contributed by atoms with Gasteiger partial charge in [0.25, 0.3) is 5.91 Å². The molecule has 0 spiro atoms. The van der Waals surface area contributed by atoms with Crippen molar-refractivity contribution >= 4 is 5.91 Å². The van der Waals surface area contributed by atoms with E-state index in [4.69, 9.17) is 4.42 Å². The van der Waals surface area contributed by atoms with Crippen molar-refractivity contribution in [2.24, 2.45) is 0 Å². The van der Waals surface area contributed by atoms with Crippen molar-refractivity contribution in [2.75, 3.05) is 6.54 Å². The number of aliphatic hydroxyl groups excluding tert-OH is 1. The van der Waals surface area contributed by atoms with Crippen molar-refractivity contribution in [3.8, 4) is 0 Å². The quantitative estimate of drug-likeness (QED) is 0.939. The second-order valence-corrected chi connectivity index (χ2v) is 6.66. The highest BCUT2D eigenvalue weighted by Crippen LogP contribution is 2.41. The van der Waals surface area contributed by atoms with Crippen LogP contribution in [0.5, 0.6) is 0 Å². The molecule has 1 aliphatic carbocycles. The lowest BCUT2D eigenvalue weighted by Crippen LogP contribution is -2.32. The molecule has 2 heterocycles. The SMILES string of the molecule is Cc1nc(C2CC2)oc1C(=O)N1C[C@@H](O)C[C@@H]1c1ccc(F)cc1. The Morgan fingerprint density at radius 2 is 2.04 bits per heavy atom. The summed E-state index contributed by atoms with van der Waals surface area (Å²) in [4.78, 5) is 18.9. The van der Waals surface area contributed by atoms with E-state index in [2.05, 4.69) is 4.98 Å². The number of amides is 1. The first kappa shape index (κ1) is 15.3. The topological polar surface area (TPSA) is 66.6 Å². The normalized spacial score (nSPS) is 23.7. The molecule has 0 bridgehead atoms. The Kier molecular flexibility index (Phi) is 3.64. The maximum absolute atomic E-state index is 13.2. The lowest BCUT2D eigenvalue weighted by molar-refractivity contribution is 0.0681. The van der Waals surface area contributed by atoms with E-state index < -0.39 is 6.10 Å². The number of likely N-dealkylation sites (tertiary alicyclic amines) is 1. The van der Waals surface area contributed by atoms with Gasteiger partial charge in [-0.2, -0.15) is 0 Å². The van der Waals surface area contributed by atoms with Gasteiger partial charge >= 0.3 is 0 Å². The zero-order chi connectivity index (χ0) is 16.8. The van der Waals surface area contributed by atoms with E-state index in [0.29, 0.717) is 23.9 Å². The Bertz CT molecular complexity index is 767. The first-order valence-electron chi connectivity index (χ1n) is 8.24. The van der Waals surface area contributed by atoms with Gasteiger partial charge in [-0.05, 0) is 43.9 Å². The highest BCUT2D eigenvalue weighted by molar-refractivity contribution is 5.93. The summed E-state index contributed by atoms with van der Waals surface area (Å²) in [7, 11) is 0. The minimum atomic E-state index is -0.602. The van der Waals surface area contributed by atoms with Crippen LogP contribution < -0.4 is 0 Å². The summed E-state index contributed by atoms with van der Waals surface area (Å²) in [5.41, 5.74) is 1.39. The lowest BCUT2D eigenvalue weighted by Gasteiger charge is -2.24. The first-order chi connectivity index (χ1) is 11.5. The Morgan fingerprint density at radius 1 is 1.33 bits per heavy atom. The molecule has 0 unspecified atom stereocenters. The van der Waals surface area contributed by atoms with Gasteiger partial charge in [0, 0.05) is 12.5 Å². The molecule has 0 radical (unpaired) electrons. The van der Waals surface area contributed by atoms with Gasteiger partial charge in [-0.15, -0.1) is 0 Å². The molecule has 4 rings (SSSR count). The van der Waals surface area contributed by atoms with Gasteiger partial charge in [0.15, 0.2) is 5.89 Å². The molecular formula is C18H19FN2O3. The van der Waals surface area contributed by atoms with E-state index in [1.807, 2.05) is 0 Å². The molecule has 1 N–H and O–H groups in total. The summed E-state index contributed by atoms with van der Waals surface area (Å²) in [6, 6.07) is 5.76. The number of oxazole rings is 1. The number of halogens is 1. The number of aliphatic hydroxyl groups is 1. The molecule has 6 heteroatoms. The Hall–Kier alpha value is -2.21. The molecule has 1 aromatic carbocycles. The zero-order valence-electron chi connectivity index (χ0n) is 13.4. The average Bonchev–Trinajstić information content (AvgIpc) is 3.23. The number of hydrogen-bond acceptors (Lipinski definition) is 4. The van der Waals surface area contributed by atoms with E-state index >= 15 is 0 Å². The number of rotatable bonds is 3. The molecule has 5 nitrogen and oxygen atoms in total. The number of nitrogens with zero attached hydrogens (tertiary/aromatic N) is 2. The van der Waals surface area contributed by atoms with Gasteiger partial charge in [0.05, 0.1) is 17.8 Å². The third-order valence-corrected chi connectivity index (χ3v) is 4.73.